The first-order valence-electron chi connectivity index (χ1n) is 2.86. The normalized spacial score (nSPS) is 11.3. The third kappa shape index (κ3) is 2.48. The van der Waals surface area contributed by atoms with E-state index in [-0.39, 0.29) is 0 Å². The fourth-order valence-corrected chi connectivity index (χ4v) is 0.498. The van der Waals surface area contributed by atoms with Gasteiger partial charge in [0.2, 0.25) is 0 Å². The summed E-state index contributed by atoms with van der Waals surface area (Å²) in [6.45, 7) is 0. The number of nitrogens with one attached hydrogen (secondary N) is 2. The molecule has 11 heavy (non-hydrogen) atoms. The molecule has 0 aliphatic heterocycles. The van der Waals surface area contributed by atoms with Crippen molar-refractivity contribution >= 4 is 12.0 Å². The minimum absolute atomic E-state index is 0.675. The van der Waals surface area contributed by atoms with E-state index in [9.17, 15) is 0 Å². The molecule has 6 heteroatoms. The zero-order chi connectivity index (χ0) is 7.94. The maximum atomic E-state index is 6.46. The van der Waals surface area contributed by atoms with E-state index in [1.165, 1.54) is 0 Å². The summed E-state index contributed by atoms with van der Waals surface area (Å²) in [5, 5.41) is 19.8. The Labute approximate surface area is 62.6 Å². The third-order valence-corrected chi connectivity index (χ3v) is 0.891. The van der Waals surface area contributed by atoms with Gasteiger partial charge in [-0.05, 0) is 16.5 Å². The Morgan fingerprint density at radius 2 is 2.36 bits per heavy atom. The summed E-state index contributed by atoms with van der Waals surface area (Å²) in [5.74, 6) is 0. The molecule has 0 spiro atoms. The first kappa shape index (κ1) is 7.26. The van der Waals surface area contributed by atoms with Crippen molar-refractivity contribution in [3.05, 3.63) is 18.5 Å². The van der Waals surface area contributed by atoms with E-state index in [2.05, 4.69) is 25.7 Å². The molecule has 0 atom stereocenters. The standard InChI is InChI=1S/C5H6N6/c6-4-8-10-11-9-5-1-2-7-3-5/h1-4,6-7H. The van der Waals surface area contributed by atoms with Gasteiger partial charge < -0.3 is 4.98 Å². The largest absolute Gasteiger partial charge is 0.366 e. The lowest BCUT2D eigenvalue weighted by atomic mass is 10.6. The van der Waals surface area contributed by atoms with Gasteiger partial charge in [-0.2, -0.15) is 0 Å². The lowest BCUT2D eigenvalue weighted by Gasteiger charge is -1.75. The first-order valence-corrected chi connectivity index (χ1v) is 2.86. The molecule has 0 aliphatic carbocycles. The monoisotopic (exact) mass is 150 g/mol. The maximum absolute atomic E-state index is 6.46. The second-order valence-electron chi connectivity index (χ2n) is 1.59. The topological polar surface area (TPSA) is 89.1 Å². The molecule has 0 aliphatic rings. The molecule has 0 amide bonds. The minimum atomic E-state index is 0.675. The second-order valence-corrected chi connectivity index (χ2v) is 1.59. The molecule has 1 heterocycles. The minimum Gasteiger partial charge on any atom is -0.366 e. The predicted octanol–water partition coefficient (Wildman–Crippen LogP) is 2.07. The Morgan fingerprint density at radius 3 is 3.00 bits per heavy atom. The van der Waals surface area contributed by atoms with Crippen molar-refractivity contribution in [2.45, 2.75) is 0 Å². The summed E-state index contributed by atoms with van der Waals surface area (Å²) in [7, 11) is 0. The smallest absolute Gasteiger partial charge is 0.131 e. The van der Waals surface area contributed by atoms with Gasteiger partial charge in [-0.1, -0.05) is 0 Å². The molecule has 1 aromatic heterocycles. The van der Waals surface area contributed by atoms with Gasteiger partial charge in [0.05, 0.1) is 0 Å². The summed E-state index contributed by atoms with van der Waals surface area (Å²) in [6.07, 6.45) is 4.18. The zero-order valence-electron chi connectivity index (χ0n) is 5.60. The van der Waals surface area contributed by atoms with E-state index in [1.807, 2.05) is 0 Å². The Morgan fingerprint density at radius 1 is 1.45 bits per heavy atom. The van der Waals surface area contributed by atoms with E-state index in [0.29, 0.717) is 5.69 Å². The highest BCUT2D eigenvalue weighted by molar-refractivity contribution is 5.49. The number of aromatic amines is 1. The van der Waals surface area contributed by atoms with Gasteiger partial charge >= 0.3 is 0 Å². The van der Waals surface area contributed by atoms with Gasteiger partial charge in [0.1, 0.15) is 12.0 Å². The van der Waals surface area contributed by atoms with Crippen LogP contribution in [0.4, 0.5) is 5.69 Å². The van der Waals surface area contributed by atoms with Gasteiger partial charge in [0.25, 0.3) is 0 Å². The number of nitrogens with zero attached hydrogens (tertiary/aromatic N) is 4. The molecular formula is C5H6N6. The van der Waals surface area contributed by atoms with Crippen LogP contribution in [0.1, 0.15) is 0 Å². The van der Waals surface area contributed by atoms with Crippen LogP contribution in [0.25, 0.3) is 0 Å². The summed E-state index contributed by atoms with van der Waals surface area (Å²) >= 11 is 0. The van der Waals surface area contributed by atoms with Crippen molar-refractivity contribution in [1.29, 1.82) is 5.41 Å². The van der Waals surface area contributed by atoms with Crippen LogP contribution in [0, 0.1) is 5.41 Å². The SMILES string of the molecule is N=CN=NN=Nc1cc[nH]c1. The van der Waals surface area contributed by atoms with Crippen LogP contribution >= 0.6 is 0 Å². The highest BCUT2D eigenvalue weighted by Crippen LogP contribution is 2.08. The van der Waals surface area contributed by atoms with Gasteiger partial charge in [-0.3, -0.25) is 5.41 Å². The van der Waals surface area contributed by atoms with Crippen molar-refractivity contribution in [2.75, 3.05) is 0 Å². The van der Waals surface area contributed by atoms with Crippen LogP contribution < -0.4 is 0 Å². The molecule has 1 aromatic rings. The fourth-order valence-electron chi connectivity index (χ4n) is 0.498. The van der Waals surface area contributed by atoms with Crippen molar-refractivity contribution < 1.29 is 0 Å². The number of hydrogen-bond donors (Lipinski definition) is 2. The van der Waals surface area contributed by atoms with Gasteiger partial charge in [0, 0.05) is 12.4 Å². The molecule has 6 nitrogen and oxygen atoms in total. The molecule has 0 radical (unpaired) electrons. The van der Waals surface area contributed by atoms with Crippen LogP contribution in [0.5, 0.6) is 0 Å². The van der Waals surface area contributed by atoms with Crippen molar-refractivity contribution in [3.8, 4) is 0 Å². The van der Waals surface area contributed by atoms with Crippen molar-refractivity contribution in [2.24, 2.45) is 20.7 Å². The van der Waals surface area contributed by atoms with Crippen LogP contribution in [-0.4, -0.2) is 11.3 Å². The lowest BCUT2D eigenvalue weighted by Crippen LogP contribution is -1.53. The molecule has 0 bridgehead atoms. The molecule has 0 fully saturated rings. The molecule has 1 rings (SSSR count). The Hall–Kier alpha value is -1.85. The molecule has 56 valence electrons. The molecular weight excluding hydrogens is 144 g/mol. The number of H-pyrrole nitrogens is 1. The number of hydrogen-bond acceptors (Lipinski definition) is 2. The maximum Gasteiger partial charge on any atom is 0.131 e. The van der Waals surface area contributed by atoms with E-state index in [0.717, 1.165) is 6.34 Å². The molecule has 0 unspecified atom stereocenters. The van der Waals surface area contributed by atoms with Gasteiger partial charge in [-0.15, -0.1) is 10.2 Å². The third-order valence-electron chi connectivity index (χ3n) is 0.891. The van der Waals surface area contributed by atoms with E-state index >= 15 is 0 Å². The van der Waals surface area contributed by atoms with E-state index < -0.39 is 0 Å². The highest BCUT2D eigenvalue weighted by Gasteiger charge is 1.83. The Balaban J connectivity index is 2.49. The highest BCUT2D eigenvalue weighted by atomic mass is 15.5. The molecule has 0 saturated heterocycles. The quantitative estimate of drug-likeness (QED) is 0.286. The number of aromatic nitrogens is 1. The lowest BCUT2D eigenvalue weighted by molar-refractivity contribution is 0.974. The van der Waals surface area contributed by atoms with Gasteiger partial charge in [-0.25, -0.2) is 0 Å². The molecule has 0 saturated carbocycles. The van der Waals surface area contributed by atoms with Crippen LogP contribution in [0.2, 0.25) is 0 Å². The average molecular weight is 150 g/mol. The predicted molar refractivity (Wildman–Crippen MR) is 38.9 cm³/mol. The summed E-state index contributed by atoms with van der Waals surface area (Å²) in [5.41, 5.74) is 0.675. The van der Waals surface area contributed by atoms with Crippen molar-refractivity contribution in [3.63, 3.8) is 0 Å². The summed E-state index contributed by atoms with van der Waals surface area (Å²) in [6, 6.07) is 1.74. The first-order chi connectivity index (χ1) is 5.43. The Bertz CT molecular complexity index is 259. The fraction of sp³-hybridized carbons (Fsp3) is 0. The second kappa shape index (κ2) is 4.04. The van der Waals surface area contributed by atoms with E-state index in [4.69, 9.17) is 5.41 Å². The van der Waals surface area contributed by atoms with Gasteiger partial charge in [0.15, 0.2) is 0 Å². The van der Waals surface area contributed by atoms with Crippen molar-refractivity contribution in [1.82, 2.24) is 4.98 Å². The summed E-state index contributed by atoms with van der Waals surface area (Å²) in [4.78, 5) is 2.80. The summed E-state index contributed by atoms with van der Waals surface area (Å²) < 4.78 is 0. The van der Waals surface area contributed by atoms with Crippen LogP contribution in [-0.2, 0) is 0 Å². The van der Waals surface area contributed by atoms with Crippen LogP contribution in [0.15, 0.2) is 39.1 Å². The molecule has 2 N–H and O–H groups in total. The Kier molecular flexibility index (Phi) is 2.67. The molecule has 0 aromatic carbocycles. The number of rotatable bonds is 3. The van der Waals surface area contributed by atoms with E-state index in [1.54, 1.807) is 18.5 Å². The average Bonchev–Trinajstić information content (AvgIpc) is 2.50. The van der Waals surface area contributed by atoms with Crippen LogP contribution in [0.3, 0.4) is 0 Å². The zero-order valence-corrected chi connectivity index (χ0v) is 5.60.